The van der Waals surface area contributed by atoms with Crippen molar-refractivity contribution in [2.45, 2.75) is 6.61 Å². The molecule has 4 aromatic rings. The number of fused-ring (bicyclic) bond motifs is 2. The lowest BCUT2D eigenvalue weighted by Gasteiger charge is -2.09. The van der Waals surface area contributed by atoms with E-state index >= 15 is 0 Å². The Balaban J connectivity index is 2.09. The second-order valence-corrected chi connectivity index (χ2v) is 4.92. The van der Waals surface area contributed by atoms with Gasteiger partial charge in [-0.25, -0.2) is 4.68 Å². The van der Waals surface area contributed by atoms with E-state index in [0.29, 0.717) is 5.69 Å². The average Bonchev–Trinajstić information content (AvgIpc) is 2.97. The summed E-state index contributed by atoms with van der Waals surface area (Å²) in [6.07, 6.45) is 1.85. The zero-order valence-electron chi connectivity index (χ0n) is 11.3. The van der Waals surface area contributed by atoms with E-state index in [1.807, 2.05) is 65.5 Å². The standard InChI is InChI=1S/C17H13N3O/c21-11-13-9-17(14-6-2-3-7-15(14)19-13)20-16-8-4-1-5-12(16)10-18-20/h1-10,21H,11H2. The number of hydrogen-bond donors (Lipinski definition) is 1. The number of rotatable bonds is 2. The van der Waals surface area contributed by atoms with Gasteiger partial charge in [-0.15, -0.1) is 0 Å². The Hall–Kier alpha value is -2.72. The number of hydrogen-bond acceptors (Lipinski definition) is 3. The Morgan fingerprint density at radius 2 is 1.81 bits per heavy atom. The van der Waals surface area contributed by atoms with Crippen molar-refractivity contribution >= 4 is 21.8 Å². The third-order valence-electron chi connectivity index (χ3n) is 3.61. The highest BCUT2D eigenvalue weighted by Crippen LogP contribution is 2.25. The van der Waals surface area contributed by atoms with Gasteiger partial charge in [-0.3, -0.25) is 4.98 Å². The van der Waals surface area contributed by atoms with E-state index in [1.165, 1.54) is 0 Å². The van der Waals surface area contributed by atoms with Crippen molar-refractivity contribution in [3.8, 4) is 5.69 Å². The summed E-state index contributed by atoms with van der Waals surface area (Å²) >= 11 is 0. The third-order valence-corrected chi connectivity index (χ3v) is 3.61. The number of pyridine rings is 1. The summed E-state index contributed by atoms with van der Waals surface area (Å²) in [7, 11) is 0. The van der Waals surface area contributed by atoms with E-state index in [-0.39, 0.29) is 6.61 Å². The molecule has 0 radical (unpaired) electrons. The topological polar surface area (TPSA) is 50.9 Å². The fourth-order valence-corrected chi connectivity index (χ4v) is 2.63. The van der Waals surface area contributed by atoms with Crippen LogP contribution >= 0.6 is 0 Å². The van der Waals surface area contributed by atoms with Gasteiger partial charge in [0.05, 0.1) is 35.2 Å². The van der Waals surface area contributed by atoms with Gasteiger partial charge in [-0.05, 0) is 18.2 Å². The van der Waals surface area contributed by atoms with Gasteiger partial charge in [-0.1, -0.05) is 36.4 Å². The van der Waals surface area contributed by atoms with Gasteiger partial charge < -0.3 is 5.11 Å². The molecule has 4 heteroatoms. The Morgan fingerprint density at radius 3 is 2.71 bits per heavy atom. The molecule has 2 aromatic carbocycles. The predicted molar refractivity (Wildman–Crippen MR) is 82.3 cm³/mol. The van der Waals surface area contributed by atoms with E-state index in [0.717, 1.165) is 27.5 Å². The molecule has 0 saturated carbocycles. The first kappa shape index (κ1) is 12.1. The predicted octanol–water partition coefficient (Wildman–Crippen LogP) is 3.07. The summed E-state index contributed by atoms with van der Waals surface area (Å²) in [5.74, 6) is 0. The quantitative estimate of drug-likeness (QED) is 0.611. The van der Waals surface area contributed by atoms with Crippen molar-refractivity contribution in [2.75, 3.05) is 0 Å². The first-order chi connectivity index (χ1) is 10.4. The molecule has 4 rings (SSSR count). The molecule has 4 nitrogen and oxygen atoms in total. The second kappa shape index (κ2) is 4.68. The number of aliphatic hydroxyl groups excluding tert-OH is 1. The third kappa shape index (κ3) is 1.88. The Bertz CT molecular complexity index is 943. The summed E-state index contributed by atoms with van der Waals surface area (Å²) in [6.45, 7) is -0.0863. The van der Waals surface area contributed by atoms with Crippen molar-refractivity contribution in [3.05, 3.63) is 66.5 Å². The molecular weight excluding hydrogens is 262 g/mol. The molecule has 102 valence electrons. The molecule has 0 aliphatic heterocycles. The van der Waals surface area contributed by atoms with Crippen LogP contribution in [0.2, 0.25) is 0 Å². The van der Waals surface area contributed by atoms with Gasteiger partial charge in [0.15, 0.2) is 0 Å². The fraction of sp³-hybridized carbons (Fsp3) is 0.0588. The molecule has 0 amide bonds. The maximum absolute atomic E-state index is 9.44. The van der Waals surface area contributed by atoms with Crippen molar-refractivity contribution in [1.29, 1.82) is 0 Å². The van der Waals surface area contributed by atoms with E-state index < -0.39 is 0 Å². The molecule has 0 atom stereocenters. The van der Waals surface area contributed by atoms with Crippen LogP contribution in [-0.4, -0.2) is 19.9 Å². The Morgan fingerprint density at radius 1 is 1.00 bits per heavy atom. The molecule has 21 heavy (non-hydrogen) atoms. The number of para-hydroxylation sites is 2. The van der Waals surface area contributed by atoms with Crippen molar-refractivity contribution in [2.24, 2.45) is 0 Å². The lowest BCUT2D eigenvalue weighted by atomic mass is 10.1. The van der Waals surface area contributed by atoms with Gasteiger partial charge in [0.25, 0.3) is 0 Å². The zero-order chi connectivity index (χ0) is 14.2. The molecule has 0 spiro atoms. The van der Waals surface area contributed by atoms with E-state index in [2.05, 4.69) is 10.1 Å². The molecule has 0 saturated heterocycles. The first-order valence-corrected chi connectivity index (χ1v) is 6.79. The highest BCUT2D eigenvalue weighted by Gasteiger charge is 2.10. The van der Waals surface area contributed by atoms with Crippen LogP contribution in [0.4, 0.5) is 0 Å². The highest BCUT2D eigenvalue weighted by atomic mass is 16.3. The number of aromatic nitrogens is 3. The molecule has 0 fully saturated rings. The van der Waals surface area contributed by atoms with Crippen LogP contribution < -0.4 is 0 Å². The molecule has 2 aromatic heterocycles. The van der Waals surface area contributed by atoms with Crippen molar-refractivity contribution in [3.63, 3.8) is 0 Å². The minimum atomic E-state index is -0.0863. The minimum Gasteiger partial charge on any atom is -0.390 e. The van der Waals surface area contributed by atoms with Crippen LogP contribution in [0.25, 0.3) is 27.5 Å². The van der Waals surface area contributed by atoms with Gasteiger partial charge in [0.1, 0.15) is 0 Å². The maximum Gasteiger partial charge on any atom is 0.0854 e. The van der Waals surface area contributed by atoms with Gasteiger partial charge in [0.2, 0.25) is 0 Å². The molecule has 0 aliphatic rings. The smallest absolute Gasteiger partial charge is 0.0854 e. The number of aliphatic hydroxyl groups is 1. The molecule has 1 N–H and O–H groups in total. The van der Waals surface area contributed by atoms with Crippen LogP contribution in [0.3, 0.4) is 0 Å². The van der Waals surface area contributed by atoms with Crippen LogP contribution in [0, 0.1) is 0 Å². The minimum absolute atomic E-state index is 0.0863. The number of nitrogens with zero attached hydrogens (tertiary/aromatic N) is 3. The lowest BCUT2D eigenvalue weighted by molar-refractivity contribution is 0.277. The highest BCUT2D eigenvalue weighted by molar-refractivity contribution is 5.90. The average molecular weight is 275 g/mol. The summed E-state index contributed by atoms with van der Waals surface area (Å²) in [5.41, 5.74) is 3.48. The summed E-state index contributed by atoms with van der Waals surface area (Å²) in [4.78, 5) is 4.45. The first-order valence-electron chi connectivity index (χ1n) is 6.79. The van der Waals surface area contributed by atoms with E-state index in [9.17, 15) is 5.11 Å². The summed E-state index contributed by atoms with van der Waals surface area (Å²) < 4.78 is 1.90. The normalized spacial score (nSPS) is 11.3. The molecule has 0 aliphatic carbocycles. The summed E-state index contributed by atoms with van der Waals surface area (Å²) in [5, 5.41) is 16.0. The molecular formula is C17H13N3O. The second-order valence-electron chi connectivity index (χ2n) is 4.92. The van der Waals surface area contributed by atoms with Gasteiger partial charge in [-0.2, -0.15) is 5.10 Å². The summed E-state index contributed by atoms with van der Waals surface area (Å²) in [6, 6.07) is 17.9. The van der Waals surface area contributed by atoms with Crippen LogP contribution in [-0.2, 0) is 6.61 Å². The van der Waals surface area contributed by atoms with Crippen molar-refractivity contribution < 1.29 is 5.11 Å². The van der Waals surface area contributed by atoms with Gasteiger partial charge in [0, 0.05) is 10.8 Å². The Labute approximate surface area is 121 Å². The Kier molecular flexibility index (Phi) is 2.69. The molecule has 0 unspecified atom stereocenters. The molecule has 2 heterocycles. The van der Waals surface area contributed by atoms with E-state index in [4.69, 9.17) is 0 Å². The van der Waals surface area contributed by atoms with Crippen LogP contribution in [0.5, 0.6) is 0 Å². The SMILES string of the molecule is OCc1cc(-n2ncc3ccccc32)c2ccccc2n1. The van der Waals surface area contributed by atoms with Crippen LogP contribution in [0.15, 0.2) is 60.8 Å². The lowest BCUT2D eigenvalue weighted by Crippen LogP contribution is -2.01. The monoisotopic (exact) mass is 275 g/mol. The van der Waals surface area contributed by atoms with E-state index in [1.54, 1.807) is 0 Å². The zero-order valence-corrected chi connectivity index (χ0v) is 11.3. The fourth-order valence-electron chi connectivity index (χ4n) is 2.63. The maximum atomic E-state index is 9.44. The van der Waals surface area contributed by atoms with Crippen molar-refractivity contribution in [1.82, 2.24) is 14.8 Å². The van der Waals surface area contributed by atoms with Crippen LogP contribution in [0.1, 0.15) is 5.69 Å². The molecule has 0 bridgehead atoms. The van der Waals surface area contributed by atoms with Gasteiger partial charge >= 0.3 is 0 Å². The number of benzene rings is 2. The largest absolute Gasteiger partial charge is 0.390 e.